The fraction of sp³-hybridized carbons (Fsp3) is 0.407. The second-order valence-corrected chi connectivity index (χ2v) is 10.1. The highest BCUT2D eigenvalue weighted by atomic mass is 35.5. The average molecular weight is 561 g/mol. The number of amides is 1. The van der Waals surface area contributed by atoms with Gasteiger partial charge < -0.3 is 10.1 Å². The van der Waals surface area contributed by atoms with Crippen LogP contribution in [0.15, 0.2) is 36.8 Å². The van der Waals surface area contributed by atoms with E-state index in [0.29, 0.717) is 23.6 Å². The van der Waals surface area contributed by atoms with E-state index in [9.17, 15) is 18.0 Å². The standard InChI is InChI=1S/C27H28ClF3N6O2/c1-16-11-20(14-32-24(16)18-3-5-21(6-4-18)36-7-9-39-10-8-36)35-26(38)22-15-34-37(17(22)2)25-23(28)12-19(13-33-25)27(29,30)31/h3,11-15,21H,4-10H2,1-2H3,(H,35,38). The first-order valence-corrected chi connectivity index (χ1v) is 13.1. The van der Waals surface area contributed by atoms with Crippen LogP contribution in [0.4, 0.5) is 18.9 Å². The molecule has 39 heavy (non-hydrogen) atoms. The van der Waals surface area contributed by atoms with Crippen LogP contribution in [0, 0.1) is 13.8 Å². The third-order valence-electron chi connectivity index (χ3n) is 7.19. The molecule has 4 heterocycles. The molecule has 2 aliphatic rings. The minimum atomic E-state index is -4.57. The molecule has 1 aliphatic heterocycles. The van der Waals surface area contributed by atoms with Gasteiger partial charge in [-0.1, -0.05) is 17.7 Å². The fourth-order valence-corrected chi connectivity index (χ4v) is 5.32. The van der Waals surface area contributed by atoms with Crippen molar-refractivity contribution in [3.05, 3.63) is 69.9 Å². The number of rotatable bonds is 5. The Balaban J connectivity index is 1.27. The number of hydrogen-bond acceptors (Lipinski definition) is 6. The van der Waals surface area contributed by atoms with E-state index in [1.54, 1.807) is 13.1 Å². The molecule has 1 amide bonds. The van der Waals surface area contributed by atoms with Gasteiger partial charge in [0.1, 0.15) is 0 Å². The largest absolute Gasteiger partial charge is 0.417 e. The molecule has 5 rings (SSSR count). The summed E-state index contributed by atoms with van der Waals surface area (Å²) in [6, 6.07) is 3.20. The average Bonchev–Trinajstić information content (AvgIpc) is 3.30. The molecule has 1 aliphatic carbocycles. The van der Waals surface area contributed by atoms with Crippen LogP contribution < -0.4 is 5.32 Å². The van der Waals surface area contributed by atoms with Gasteiger partial charge in [-0.3, -0.25) is 14.7 Å². The van der Waals surface area contributed by atoms with E-state index in [2.05, 4.69) is 31.4 Å². The molecule has 0 bridgehead atoms. The predicted molar refractivity (Wildman–Crippen MR) is 141 cm³/mol. The lowest BCUT2D eigenvalue weighted by Crippen LogP contribution is -2.43. The van der Waals surface area contributed by atoms with Crippen LogP contribution in [0.5, 0.6) is 0 Å². The molecule has 8 nitrogen and oxygen atoms in total. The van der Waals surface area contributed by atoms with E-state index in [4.69, 9.17) is 16.3 Å². The van der Waals surface area contributed by atoms with Crippen LogP contribution in [-0.4, -0.2) is 62.9 Å². The van der Waals surface area contributed by atoms with Crippen LogP contribution in [0.3, 0.4) is 0 Å². The smallest absolute Gasteiger partial charge is 0.379 e. The lowest BCUT2D eigenvalue weighted by Gasteiger charge is -2.36. The monoisotopic (exact) mass is 560 g/mol. The van der Waals surface area contributed by atoms with E-state index in [1.807, 2.05) is 13.0 Å². The quantitative estimate of drug-likeness (QED) is 0.445. The number of carbonyl (C=O) groups excluding carboxylic acids is 1. The molecule has 3 aromatic heterocycles. The summed E-state index contributed by atoms with van der Waals surface area (Å²) in [5, 5.41) is 6.73. The maximum Gasteiger partial charge on any atom is 0.417 e. The van der Waals surface area contributed by atoms with Crippen molar-refractivity contribution < 1.29 is 22.7 Å². The Bertz CT molecular complexity index is 1410. The zero-order valence-corrected chi connectivity index (χ0v) is 22.3. The molecule has 0 radical (unpaired) electrons. The highest BCUT2D eigenvalue weighted by Gasteiger charge is 2.32. The number of pyridine rings is 2. The van der Waals surface area contributed by atoms with Gasteiger partial charge in [0.25, 0.3) is 5.91 Å². The van der Waals surface area contributed by atoms with Gasteiger partial charge in [-0.2, -0.15) is 18.3 Å². The summed E-state index contributed by atoms with van der Waals surface area (Å²) in [6.45, 7) is 7.12. The highest BCUT2D eigenvalue weighted by Crippen LogP contribution is 2.33. The van der Waals surface area contributed by atoms with Crippen molar-refractivity contribution in [2.75, 3.05) is 31.6 Å². The molecule has 1 N–H and O–H groups in total. The maximum absolute atomic E-state index is 13.0. The first-order valence-electron chi connectivity index (χ1n) is 12.7. The number of anilines is 1. The maximum atomic E-state index is 13.0. The molecular weight excluding hydrogens is 533 g/mol. The fourth-order valence-electron chi connectivity index (χ4n) is 5.08. The van der Waals surface area contributed by atoms with Crippen LogP contribution in [0.25, 0.3) is 11.4 Å². The molecule has 1 saturated heterocycles. The number of morpholine rings is 1. The van der Waals surface area contributed by atoms with Crippen LogP contribution >= 0.6 is 11.6 Å². The first kappa shape index (κ1) is 27.3. The third kappa shape index (κ3) is 5.85. The summed E-state index contributed by atoms with van der Waals surface area (Å²) >= 11 is 6.06. The van der Waals surface area contributed by atoms with Gasteiger partial charge in [0.05, 0.1) is 58.8 Å². The molecule has 1 atom stereocenters. The second-order valence-electron chi connectivity index (χ2n) is 9.73. The zero-order chi connectivity index (χ0) is 27.7. The van der Waals surface area contributed by atoms with Gasteiger partial charge in [-0.15, -0.1) is 0 Å². The Hall–Kier alpha value is -3.28. The highest BCUT2D eigenvalue weighted by molar-refractivity contribution is 6.32. The number of allylic oxidation sites excluding steroid dienone is 1. The van der Waals surface area contributed by atoms with Crippen LogP contribution in [0.2, 0.25) is 5.02 Å². The minimum Gasteiger partial charge on any atom is -0.379 e. The number of aromatic nitrogens is 4. The molecule has 206 valence electrons. The zero-order valence-electron chi connectivity index (χ0n) is 21.6. The Morgan fingerprint density at radius 3 is 2.54 bits per heavy atom. The summed E-state index contributed by atoms with van der Waals surface area (Å²) in [6.07, 6.45) is 4.34. The molecule has 0 spiro atoms. The second kappa shape index (κ2) is 11.1. The van der Waals surface area contributed by atoms with Crippen molar-refractivity contribution in [2.45, 2.75) is 45.3 Å². The first-order chi connectivity index (χ1) is 18.6. The van der Waals surface area contributed by atoms with E-state index < -0.39 is 17.6 Å². The van der Waals surface area contributed by atoms with Gasteiger partial charge in [0, 0.05) is 25.3 Å². The molecule has 1 fully saturated rings. The van der Waals surface area contributed by atoms with E-state index in [0.717, 1.165) is 62.9 Å². The van der Waals surface area contributed by atoms with Crippen LogP contribution in [0.1, 0.15) is 52.1 Å². The number of alkyl halides is 3. The van der Waals surface area contributed by atoms with Gasteiger partial charge >= 0.3 is 6.18 Å². The molecule has 3 aromatic rings. The number of ether oxygens (including phenoxy) is 1. The summed E-state index contributed by atoms with van der Waals surface area (Å²) in [5.41, 5.74) is 3.28. The number of nitrogens with one attached hydrogen (secondary N) is 1. The van der Waals surface area contributed by atoms with Crippen molar-refractivity contribution in [1.29, 1.82) is 0 Å². The van der Waals surface area contributed by atoms with E-state index in [-0.39, 0.29) is 16.4 Å². The van der Waals surface area contributed by atoms with E-state index >= 15 is 0 Å². The van der Waals surface area contributed by atoms with Crippen molar-refractivity contribution in [1.82, 2.24) is 24.6 Å². The van der Waals surface area contributed by atoms with Crippen LogP contribution in [-0.2, 0) is 10.9 Å². The Morgan fingerprint density at radius 2 is 1.90 bits per heavy atom. The number of nitrogens with zero attached hydrogens (tertiary/aromatic N) is 5. The molecule has 0 aromatic carbocycles. The lowest BCUT2D eigenvalue weighted by molar-refractivity contribution is -0.137. The Kier molecular flexibility index (Phi) is 7.75. The summed E-state index contributed by atoms with van der Waals surface area (Å²) in [7, 11) is 0. The number of aryl methyl sites for hydroxylation is 1. The summed E-state index contributed by atoms with van der Waals surface area (Å²) < 4.78 is 45.6. The topological polar surface area (TPSA) is 85.2 Å². The van der Waals surface area contributed by atoms with Gasteiger partial charge in [0.2, 0.25) is 0 Å². The molecular formula is C27H28ClF3N6O2. The molecule has 12 heteroatoms. The van der Waals surface area contributed by atoms with Gasteiger partial charge in [-0.25, -0.2) is 9.67 Å². The van der Waals surface area contributed by atoms with Crippen molar-refractivity contribution in [3.63, 3.8) is 0 Å². The number of hydrogen-bond donors (Lipinski definition) is 1. The summed E-state index contributed by atoms with van der Waals surface area (Å²) in [4.78, 5) is 24.0. The Labute approximate surface area is 228 Å². The predicted octanol–water partition coefficient (Wildman–Crippen LogP) is 5.47. The SMILES string of the molecule is Cc1cc(NC(=O)c2cnn(-c3ncc(C(F)(F)F)cc3Cl)c2C)cnc1C1=CCC(N2CCOCC2)CC1. The van der Waals surface area contributed by atoms with Crippen molar-refractivity contribution >= 4 is 28.8 Å². The van der Waals surface area contributed by atoms with E-state index in [1.165, 1.54) is 16.5 Å². The number of halogens is 4. The van der Waals surface area contributed by atoms with Crippen molar-refractivity contribution in [2.24, 2.45) is 0 Å². The normalized spacial score (nSPS) is 18.6. The van der Waals surface area contributed by atoms with Crippen molar-refractivity contribution in [3.8, 4) is 5.82 Å². The minimum absolute atomic E-state index is 0.000281. The molecule has 0 saturated carbocycles. The Morgan fingerprint density at radius 1 is 1.13 bits per heavy atom. The molecule has 1 unspecified atom stereocenters. The third-order valence-corrected chi connectivity index (χ3v) is 7.47. The van der Waals surface area contributed by atoms with Gasteiger partial charge in [0.15, 0.2) is 5.82 Å². The van der Waals surface area contributed by atoms with Gasteiger partial charge in [-0.05, 0) is 56.4 Å². The lowest BCUT2D eigenvalue weighted by atomic mass is 9.90. The number of carbonyl (C=O) groups is 1. The summed E-state index contributed by atoms with van der Waals surface area (Å²) in [5.74, 6) is -0.430.